The van der Waals surface area contributed by atoms with E-state index < -0.39 is 20.0 Å². The number of hydrogen-bond acceptors (Lipinski definition) is 6. The molecule has 0 saturated heterocycles. The molecule has 0 aliphatic rings. The molecular formula is C34H30LiNO5S2. The van der Waals surface area contributed by atoms with E-state index >= 15 is 0 Å². The minimum absolute atomic E-state index is 0. The SMILES string of the molecule is C=CN=Cc1ccc(S(=O)(=O)c2ccccc2)cc1.Cc1cc[c-]cc1.O=S(=O)(Oc1ccccc1)c1ccccc1.[Li+]. The molecule has 0 bridgehead atoms. The molecule has 6 nitrogen and oxygen atoms in total. The second-order valence-corrected chi connectivity index (χ2v) is 12.1. The fourth-order valence-corrected chi connectivity index (χ4v) is 5.55. The zero-order valence-corrected chi connectivity index (χ0v) is 25.6. The van der Waals surface area contributed by atoms with Crippen LogP contribution in [-0.4, -0.2) is 23.1 Å². The molecule has 0 saturated carbocycles. The summed E-state index contributed by atoms with van der Waals surface area (Å²) >= 11 is 0. The summed E-state index contributed by atoms with van der Waals surface area (Å²) in [6.45, 7) is 5.54. The van der Waals surface area contributed by atoms with E-state index in [1.807, 2.05) is 24.3 Å². The molecule has 0 aliphatic carbocycles. The maximum absolute atomic E-state index is 12.3. The van der Waals surface area contributed by atoms with Gasteiger partial charge in [-0.05, 0) is 54.1 Å². The van der Waals surface area contributed by atoms with E-state index in [-0.39, 0.29) is 28.7 Å². The Labute approximate surface area is 266 Å². The van der Waals surface area contributed by atoms with Gasteiger partial charge in [0.1, 0.15) is 10.6 Å². The summed E-state index contributed by atoms with van der Waals surface area (Å²) in [6, 6.07) is 42.2. The van der Waals surface area contributed by atoms with Gasteiger partial charge in [0.05, 0.1) is 9.79 Å². The van der Waals surface area contributed by atoms with Crippen molar-refractivity contribution in [1.82, 2.24) is 0 Å². The Bertz CT molecular complexity index is 1760. The Kier molecular flexibility index (Phi) is 14.4. The standard InChI is InChI=1S/C15H13NO2S.C12H10O3S.C7H7.Li/c1-2-16-12-13-8-10-15(11-9-13)19(17,18)14-6-4-3-5-7-14;13-16(14,12-9-5-2-6-10-12)15-11-7-3-1-4-8-11;1-7-5-3-2-4-6-7;/h2-12H,1H2;1-10H;3-6H,1H3;/q;;-1;+1. The maximum Gasteiger partial charge on any atom is 1.00 e. The maximum atomic E-state index is 12.3. The van der Waals surface area contributed by atoms with Crippen molar-refractivity contribution in [1.29, 1.82) is 0 Å². The van der Waals surface area contributed by atoms with Crippen LogP contribution in [0.15, 0.2) is 172 Å². The predicted octanol–water partition coefficient (Wildman–Crippen LogP) is 4.34. The van der Waals surface area contributed by atoms with E-state index in [1.54, 1.807) is 109 Å². The third kappa shape index (κ3) is 11.5. The number of benzene rings is 5. The predicted molar refractivity (Wildman–Crippen MR) is 167 cm³/mol. The van der Waals surface area contributed by atoms with Crippen LogP contribution in [-0.2, 0) is 20.0 Å². The van der Waals surface area contributed by atoms with Crippen LogP contribution in [0.25, 0.3) is 0 Å². The third-order valence-electron chi connectivity index (χ3n) is 5.44. The molecule has 0 unspecified atom stereocenters. The number of para-hydroxylation sites is 1. The number of aliphatic imine (C=N–C) groups is 1. The van der Waals surface area contributed by atoms with Crippen LogP contribution >= 0.6 is 0 Å². The van der Waals surface area contributed by atoms with Gasteiger partial charge in [0.2, 0.25) is 9.84 Å². The molecular weight excluding hydrogens is 573 g/mol. The zero-order valence-electron chi connectivity index (χ0n) is 23.9. The minimum Gasteiger partial charge on any atom is -0.379 e. The molecule has 214 valence electrons. The van der Waals surface area contributed by atoms with Gasteiger partial charge in [-0.1, -0.05) is 80.2 Å². The second kappa shape index (κ2) is 17.7. The first-order chi connectivity index (χ1) is 20.2. The smallest absolute Gasteiger partial charge is 0.379 e. The molecule has 0 amide bonds. The molecule has 0 fully saturated rings. The Morgan fingerprint density at radius 2 is 1.12 bits per heavy atom. The molecule has 0 heterocycles. The number of nitrogens with zero attached hydrogens (tertiary/aromatic N) is 1. The number of aryl methyl sites for hydroxylation is 1. The summed E-state index contributed by atoms with van der Waals surface area (Å²) in [5.41, 5.74) is 2.12. The molecule has 0 N–H and O–H groups in total. The Morgan fingerprint density at radius 3 is 1.58 bits per heavy atom. The number of sulfone groups is 1. The molecule has 43 heavy (non-hydrogen) atoms. The largest absolute Gasteiger partial charge is 1.00 e. The Balaban J connectivity index is 0.000000243. The van der Waals surface area contributed by atoms with Crippen LogP contribution in [0.1, 0.15) is 11.1 Å². The average molecular weight is 604 g/mol. The minimum atomic E-state index is -3.71. The van der Waals surface area contributed by atoms with Gasteiger partial charge in [-0.2, -0.15) is 44.3 Å². The fraction of sp³-hybridized carbons (Fsp3) is 0.0294. The van der Waals surface area contributed by atoms with Gasteiger partial charge in [0.25, 0.3) is 0 Å². The molecule has 5 aromatic rings. The molecule has 5 aromatic carbocycles. The van der Waals surface area contributed by atoms with Crippen LogP contribution in [0.2, 0.25) is 0 Å². The van der Waals surface area contributed by atoms with Gasteiger partial charge >= 0.3 is 29.0 Å². The first-order valence-electron chi connectivity index (χ1n) is 12.7. The fourth-order valence-electron chi connectivity index (χ4n) is 3.32. The zero-order chi connectivity index (χ0) is 30.3. The van der Waals surface area contributed by atoms with Crippen LogP contribution in [0.3, 0.4) is 0 Å². The third-order valence-corrected chi connectivity index (χ3v) is 8.49. The van der Waals surface area contributed by atoms with Crippen molar-refractivity contribution in [2.75, 3.05) is 0 Å². The summed E-state index contributed by atoms with van der Waals surface area (Å²) < 4.78 is 53.1. The number of rotatable bonds is 7. The Morgan fingerprint density at radius 1 is 0.651 bits per heavy atom. The Hall–Kier alpha value is -4.19. The normalized spacial score (nSPS) is 10.6. The van der Waals surface area contributed by atoms with Crippen molar-refractivity contribution < 1.29 is 39.9 Å². The summed E-state index contributed by atoms with van der Waals surface area (Å²) in [7, 11) is -7.15. The molecule has 9 heteroatoms. The molecule has 0 radical (unpaired) electrons. The van der Waals surface area contributed by atoms with Crippen LogP contribution in [0.5, 0.6) is 5.75 Å². The van der Waals surface area contributed by atoms with E-state index in [9.17, 15) is 16.8 Å². The topological polar surface area (TPSA) is 89.9 Å². The summed E-state index contributed by atoms with van der Waals surface area (Å²) in [4.78, 5) is 4.60. The summed E-state index contributed by atoms with van der Waals surface area (Å²) in [5, 5.41) is 0. The summed E-state index contributed by atoms with van der Waals surface area (Å²) in [5.74, 6) is 0.311. The van der Waals surface area contributed by atoms with Crippen molar-refractivity contribution >= 4 is 26.2 Å². The van der Waals surface area contributed by atoms with E-state index in [2.05, 4.69) is 24.6 Å². The van der Waals surface area contributed by atoms with Crippen molar-refractivity contribution in [3.63, 3.8) is 0 Å². The molecule has 0 aromatic heterocycles. The van der Waals surface area contributed by atoms with Crippen molar-refractivity contribution in [2.45, 2.75) is 21.6 Å². The quantitative estimate of drug-likeness (QED) is 0.120. The van der Waals surface area contributed by atoms with E-state index in [4.69, 9.17) is 4.18 Å². The van der Waals surface area contributed by atoms with Gasteiger partial charge < -0.3 is 4.18 Å². The van der Waals surface area contributed by atoms with Crippen molar-refractivity contribution in [3.8, 4) is 5.75 Å². The molecule has 0 atom stereocenters. The van der Waals surface area contributed by atoms with Gasteiger partial charge in [-0.3, -0.25) is 4.99 Å². The second-order valence-electron chi connectivity index (χ2n) is 8.59. The average Bonchev–Trinajstić information content (AvgIpc) is 3.02. The molecule has 5 rings (SSSR count). The van der Waals surface area contributed by atoms with Crippen molar-refractivity contribution in [2.24, 2.45) is 4.99 Å². The van der Waals surface area contributed by atoms with Gasteiger partial charge in [-0.15, -0.1) is 0 Å². The summed E-state index contributed by atoms with van der Waals surface area (Å²) in [6.07, 6.45) is 3.04. The van der Waals surface area contributed by atoms with E-state index in [0.29, 0.717) is 10.6 Å². The van der Waals surface area contributed by atoms with E-state index in [0.717, 1.165) is 5.56 Å². The van der Waals surface area contributed by atoms with Crippen LogP contribution < -0.4 is 23.0 Å². The van der Waals surface area contributed by atoms with Crippen molar-refractivity contribution in [3.05, 3.63) is 169 Å². The van der Waals surface area contributed by atoms with Gasteiger partial charge in [0, 0.05) is 12.4 Å². The molecule has 0 spiro atoms. The van der Waals surface area contributed by atoms with E-state index in [1.165, 1.54) is 23.9 Å². The van der Waals surface area contributed by atoms with Gasteiger partial charge in [0.15, 0.2) is 0 Å². The first kappa shape index (κ1) is 35.0. The van der Waals surface area contributed by atoms with Crippen LogP contribution in [0, 0.1) is 13.0 Å². The first-order valence-corrected chi connectivity index (χ1v) is 15.6. The van der Waals surface area contributed by atoms with Crippen LogP contribution in [0.4, 0.5) is 0 Å². The van der Waals surface area contributed by atoms with Gasteiger partial charge in [-0.25, -0.2) is 8.42 Å². The number of hydrogen-bond donors (Lipinski definition) is 0. The monoisotopic (exact) mass is 603 g/mol. The molecule has 0 aliphatic heterocycles.